The third-order valence-electron chi connectivity index (χ3n) is 3.33. The Morgan fingerprint density at radius 2 is 1.85 bits per heavy atom. The molecule has 20 heavy (non-hydrogen) atoms. The Morgan fingerprint density at radius 3 is 2.50 bits per heavy atom. The molecule has 0 aliphatic heterocycles. The molecule has 0 saturated heterocycles. The largest absolute Gasteiger partial charge is 0.327 e. The lowest BCUT2D eigenvalue weighted by atomic mass is 10.2. The topological polar surface area (TPSA) is 28.2 Å². The van der Waals surface area contributed by atoms with Crippen molar-refractivity contribution < 1.29 is 0 Å². The van der Waals surface area contributed by atoms with Crippen molar-refractivity contribution in [3.05, 3.63) is 53.7 Å². The molecule has 106 valence electrons. The van der Waals surface area contributed by atoms with Crippen LogP contribution in [0.2, 0.25) is 0 Å². The Morgan fingerprint density at radius 1 is 1.10 bits per heavy atom. The van der Waals surface area contributed by atoms with Gasteiger partial charge in [0.15, 0.2) is 0 Å². The molecule has 0 aliphatic rings. The second kappa shape index (κ2) is 7.06. The van der Waals surface area contributed by atoms with Crippen LogP contribution in [0.15, 0.2) is 42.6 Å². The van der Waals surface area contributed by atoms with Crippen molar-refractivity contribution in [2.24, 2.45) is 0 Å². The van der Waals surface area contributed by atoms with Gasteiger partial charge in [0.2, 0.25) is 0 Å². The zero-order valence-electron chi connectivity index (χ0n) is 12.6. The SMILES string of the molecule is CCNCc1ccnc(N(CC)c2ccc(C)cc2)c1. The Balaban J connectivity index is 2.24. The summed E-state index contributed by atoms with van der Waals surface area (Å²) in [5, 5.41) is 3.35. The highest BCUT2D eigenvalue weighted by Crippen LogP contribution is 2.24. The van der Waals surface area contributed by atoms with Gasteiger partial charge in [-0.1, -0.05) is 24.6 Å². The van der Waals surface area contributed by atoms with E-state index in [9.17, 15) is 0 Å². The van der Waals surface area contributed by atoms with Gasteiger partial charge in [0.05, 0.1) is 0 Å². The molecular formula is C17H23N3. The number of nitrogens with one attached hydrogen (secondary N) is 1. The molecule has 1 aromatic carbocycles. The summed E-state index contributed by atoms with van der Waals surface area (Å²) in [5.74, 6) is 1.01. The monoisotopic (exact) mass is 269 g/mol. The molecule has 1 N–H and O–H groups in total. The number of aromatic nitrogens is 1. The van der Waals surface area contributed by atoms with Gasteiger partial charge in [-0.15, -0.1) is 0 Å². The van der Waals surface area contributed by atoms with Gasteiger partial charge in [0, 0.05) is 25.0 Å². The molecule has 3 heteroatoms. The predicted octanol–water partition coefficient (Wildman–Crippen LogP) is 3.66. The second-order valence-electron chi connectivity index (χ2n) is 4.88. The number of nitrogens with zero attached hydrogens (tertiary/aromatic N) is 2. The van der Waals surface area contributed by atoms with Gasteiger partial charge < -0.3 is 10.2 Å². The molecule has 0 radical (unpaired) electrons. The maximum atomic E-state index is 4.52. The van der Waals surface area contributed by atoms with E-state index in [0.29, 0.717) is 0 Å². The number of hydrogen-bond donors (Lipinski definition) is 1. The number of aryl methyl sites for hydroxylation is 1. The van der Waals surface area contributed by atoms with E-state index in [1.165, 1.54) is 16.8 Å². The van der Waals surface area contributed by atoms with E-state index in [2.05, 4.69) is 72.4 Å². The molecule has 3 nitrogen and oxygen atoms in total. The normalized spacial score (nSPS) is 10.6. The summed E-state index contributed by atoms with van der Waals surface area (Å²) in [5.41, 5.74) is 3.73. The van der Waals surface area contributed by atoms with Gasteiger partial charge in [0.25, 0.3) is 0 Å². The standard InChI is InChI=1S/C17H23N3/c1-4-18-13-15-10-11-19-17(12-15)20(5-2)16-8-6-14(3)7-9-16/h6-12,18H,4-5,13H2,1-3H3. The maximum Gasteiger partial charge on any atom is 0.133 e. The van der Waals surface area contributed by atoms with Gasteiger partial charge >= 0.3 is 0 Å². The van der Waals surface area contributed by atoms with Crippen molar-refractivity contribution in [3.8, 4) is 0 Å². The number of pyridine rings is 1. The first-order valence-electron chi connectivity index (χ1n) is 7.24. The summed E-state index contributed by atoms with van der Waals surface area (Å²) in [6, 6.07) is 12.8. The summed E-state index contributed by atoms with van der Waals surface area (Å²) in [6.45, 7) is 9.14. The molecular weight excluding hydrogens is 246 g/mol. The first kappa shape index (κ1) is 14.5. The smallest absolute Gasteiger partial charge is 0.133 e. The Hall–Kier alpha value is -1.87. The summed E-state index contributed by atoms with van der Waals surface area (Å²) < 4.78 is 0. The average molecular weight is 269 g/mol. The van der Waals surface area contributed by atoms with Gasteiger partial charge in [-0.25, -0.2) is 4.98 Å². The molecule has 0 saturated carbocycles. The van der Waals surface area contributed by atoms with E-state index in [1.54, 1.807) is 0 Å². The lowest BCUT2D eigenvalue weighted by Gasteiger charge is -2.22. The molecule has 0 atom stereocenters. The van der Waals surface area contributed by atoms with E-state index in [0.717, 1.165) is 25.5 Å². The molecule has 0 aliphatic carbocycles. The minimum Gasteiger partial charge on any atom is -0.327 e. The van der Waals surface area contributed by atoms with Gasteiger partial charge in [-0.3, -0.25) is 0 Å². The third kappa shape index (κ3) is 3.58. The summed E-state index contributed by atoms with van der Waals surface area (Å²) in [4.78, 5) is 6.75. The van der Waals surface area contributed by atoms with E-state index in [4.69, 9.17) is 0 Å². The van der Waals surface area contributed by atoms with Crippen LogP contribution in [0.25, 0.3) is 0 Å². The lowest BCUT2D eigenvalue weighted by Crippen LogP contribution is -2.18. The fraction of sp³-hybridized carbons (Fsp3) is 0.353. The summed E-state index contributed by atoms with van der Waals surface area (Å²) in [7, 11) is 0. The van der Waals surface area contributed by atoms with Crippen molar-refractivity contribution in [3.63, 3.8) is 0 Å². The van der Waals surface area contributed by atoms with Crippen molar-refractivity contribution >= 4 is 11.5 Å². The Bertz CT molecular complexity index is 534. The van der Waals surface area contributed by atoms with E-state index in [-0.39, 0.29) is 0 Å². The highest BCUT2D eigenvalue weighted by atomic mass is 15.2. The highest BCUT2D eigenvalue weighted by Gasteiger charge is 2.08. The van der Waals surface area contributed by atoms with Crippen LogP contribution in [0.1, 0.15) is 25.0 Å². The predicted molar refractivity (Wildman–Crippen MR) is 85.5 cm³/mol. The molecule has 2 rings (SSSR count). The maximum absolute atomic E-state index is 4.52. The zero-order valence-corrected chi connectivity index (χ0v) is 12.6. The molecule has 0 bridgehead atoms. The van der Waals surface area contributed by atoms with Gasteiger partial charge in [0.1, 0.15) is 5.82 Å². The molecule has 1 aromatic heterocycles. The van der Waals surface area contributed by atoms with Crippen LogP contribution in [0.3, 0.4) is 0 Å². The zero-order chi connectivity index (χ0) is 14.4. The number of hydrogen-bond acceptors (Lipinski definition) is 3. The molecule has 0 unspecified atom stereocenters. The molecule has 2 aromatic rings. The molecule has 0 spiro atoms. The summed E-state index contributed by atoms with van der Waals surface area (Å²) in [6.07, 6.45) is 1.89. The minimum atomic E-state index is 0.886. The van der Waals surface area contributed by atoms with Crippen LogP contribution in [-0.4, -0.2) is 18.1 Å². The van der Waals surface area contributed by atoms with E-state index < -0.39 is 0 Å². The first-order chi connectivity index (χ1) is 9.74. The van der Waals surface area contributed by atoms with Crippen molar-refractivity contribution in [1.82, 2.24) is 10.3 Å². The Labute approximate surface area is 121 Å². The fourth-order valence-electron chi connectivity index (χ4n) is 2.19. The first-order valence-corrected chi connectivity index (χ1v) is 7.24. The highest BCUT2D eigenvalue weighted by molar-refractivity contribution is 5.60. The number of rotatable bonds is 6. The molecule has 1 heterocycles. The number of benzene rings is 1. The van der Waals surface area contributed by atoms with E-state index >= 15 is 0 Å². The lowest BCUT2D eigenvalue weighted by molar-refractivity contribution is 0.725. The average Bonchev–Trinajstić information content (AvgIpc) is 2.48. The quantitative estimate of drug-likeness (QED) is 0.867. The van der Waals surface area contributed by atoms with Crippen molar-refractivity contribution in [1.29, 1.82) is 0 Å². The third-order valence-corrected chi connectivity index (χ3v) is 3.33. The van der Waals surface area contributed by atoms with Gasteiger partial charge in [-0.2, -0.15) is 0 Å². The van der Waals surface area contributed by atoms with Crippen molar-refractivity contribution in [2.45, 2.75) is 27.3 Å². The summed E-state index contributed by atoms with van der Waals surface area (Å²) >= 11 is 0. The van der Waals surface area contributed by atoms with E-state index in [1.807, 2.05) is 6.20 Å². The van der Waals surface area contributed by atoms with Crippen LogP contribution in [0.4, 0.5) is 11.5 Å². The minimum absolute atomic E-state index is 0.886. The van der Waals surface area contributed by atoms with Crippen LogP contribution in [-0.2, 0) is 6.54 Å². The van der Waals surface area contributed by atoms with Crippen LogP contribution < -0.4 is 10.2 Å². The van der Waals surface area contributed by atoms with Crippen LogP contribution in [0, 0.1) is 6.92 Å². The van der Waals surface area contributed by atoms with Gasteiger partial charge in [-0.05, 0) is 50.2 Å². The number of anilines is 2. The molecule has 0 amide bonds. The van der Waals surface area contributed by atoms with Crippen LogP contribution >= 0.6 is 0 Å². The van der Waals surface area contributed by atoms with Crippen molar-refractivity contribution in [2.75, 3.05) is 18.0 Å². The van der Waals surface area contributed by atoms with Crippen LogP contribution in [0.5, 0.6) is 0 Å². The Kier molecular flexibility index (Phi) is 5.13. The molecule has 0 fully saturated rings. The second-order valence-corrected chi connectivity index (χ2v) is 4.88. The fourth-order valence-corrected chi connectivity index (χ4v) is 2.19.